The minimum absolute atomic E-state index is 0.00858. The topological polar surface area (TPSA) is 73.2 Å². The lowest BCUT2D eigenvalue weighted by Crippen LogP contribution is -2.28. The van der Waals surface area contributed by atoms with E-state index in [2.05, 4.69) is 31.1 Å². The number of imidazole rings is 1. The predicted molar refractivity (Wildman–Crippen MR) is 118 cm³/mol. The van der Waals surface area contributed by atoms with Gasteiger partial charge in [-0.15, -0.1) is 0 Å². The van der Waals surface area contributed by atoms with E-state index < -0.39 is 5.60 Å². The van der Waals surface area contributed by atoms with Crippen LogP contribution in [0.4, 0.5) is 0 Å². The van der Waals surface area contributed by atoms with Crippen molar-refractivity contribution in [1.29, 1.82) is 0 Å². The number of fused-ring (bicyclic) bond motifs is 1. The fourth-order valence-corrected chi connectivity index (χ4v) is 3.78. The van der Waals surface area contributed by atoms with Gasteiger partial charge in [0.05, 0.1) is 11.0 Å². The van der Waals surface area contributed by atoms with Crippen LogP contribution in [-0.2, 0) is 20.9 Å². The summed E-state index contributed by atoms with van der Waals surface area (Å²) in [5, 5.41) is 3.76. The first-order valence-corrected chi connectivity index (χ1v) is 11.0. The minimum Gasteiger partial charge on any atom is -0.459 e. The van der Waals surface area contributed by atoms with Crippen LogP contribution in [0.25, 0.3) is 11.0 Å². The molecule has 1 aromatic heterocycles. The highest BCUT2D eigenvalue weighted by Crippen LogP contribution is 2.25. The van der Waals surface area contributed by atoms with E-state index in [1.807, 2.05) is 49.6 Å². The second-order valence-electron chi connectivity index (χ2n) is 9.35. The SMILES string of the molecule is CC(C)(C)CC(=O)NCCCSc1nc2ccccc2n1CC(=O)OC(C)(C)C. The smallest absolute Gasteiger partial charge is 0.326 e. The third-order valence-electron chi connectivity index (χ3n) is 3.89. The minimum atomic E-state index is -0.522. The number of ether oxygens (including phenoxy) is 1. The molecule has 0 unspecified atom stereocenters. The molecule has 6 nitrogen and oxygen atoms in total. The largest absolute Gasteiger partial charge is 0.459 e. The van der Waals surface area contributed by atoms with E-state index in [4.69, 9.17) is 4.74 Å². The molecule has 0 atom stereocenters. The van der Waals surface area contributed by atoms with E-state index in [1.54, 1.807) is 11.8 Å². The highest BCUT2D eigenvalue weighted by molar-refractivity contribution is 7.99. The molecule has 0 aliphatic rings. The van der Waals surface area contributed by atoms with E-state index in [0.717, 1.165) is 28.4 Å². The Morgan fingerprint density at radius 1 is 1.14 bits per heavy atom. The van der Waals surface area contributed by atoms with E-state index in [0.29, 0.717) is 13.0 Å². The second kappa shape index (κ2) is 9.65. The number of benzene rings is 1. The summed E-state index contributed by atoms with van der Waals surface area (Å²) >= 11 is 1.59. The summed E-state index contributed by atoms with van der Waals surface area (Å²) in [4.78, 5) is 28.9. The van der Waals surface area contributed by atoms with E-state index in [9.17, 15) is 9.59 Å². The summed E-state index contributed by atoms with van der Waals surface area (Å²) < 4.78 is 7.39. The zero-order valence-electron chi connectivity index (χ0n) is 18.4. The lowest BCUT2D eigenvalue weighted by Gasteiger charge is -2.20. The molecule has 2 rings (SSSR count). The lowest BCUT2D eigenvalue weighted by atomic mass is 9.92. The van der Waals surface area contributed by atoms with E-state index in [-0.39, 0.29) is 23.8 Å². The van der Waals surface area contributed by atoms with Crippen LogP contribution >= 0.6 is 11.8 Å². The number of para-hydroxylation sites is 2. The van der Waals surface area contributed by atoms with Crippen molar-refractivity contribution < 1.29 is 14.3 Å². The standard InChI is InChI=1S/C22H33N3O3S/c1-21(2,3)14-18(26)23-12-9-13-29-20-24-16-10-7-8-11-17(16)25(20)15-19(27)28-22(4,5)6/h7-8,10-11H,9,12-15H2,1-6H3,(H,23,26). The number of nitrogens with one attached hydrogen (secondary N) is 1. The number of rotatable bonds is 8. The molecule has 0 bridgehead atoms. The Kier molecular flexibility index (Phi) is 7.74. The van der Waals surface area contributed by atoms with Crippen molar-refractivity contribution in [3.05, 3.63) is 24.3 Å². The van der Waals surface area contributed by atoms with Gasteiger partial charge in [-0.3, -0.25) is 9.59 Å². The van der Waals surface area contributed by atoms with E-state index >= 15 is 0 Å². The van der Waals surface area contributed by atoms with Gasteiger partial charge in [0.1, 0.15) is 12.1 Å². The Labute approximate surface area is 177 Å². The van der Waals surface area contributed by atoms with Gasteiger partial charge in [-0.25, -0.2) is 4.98 Å². The quantitative estimate of drug-likeness (QED) is 0.390. The predicted octanol–water partition coefficient (Wildman–Crippen LogP) is 4.41. The van der Waals surface area contributed by atoms with Crippen LogP contribution in [0.3, 0.4) is 0 Å². The van der Waals surface area contributed by atoms with Crippen molar-refractivity contribution in [3.8, 4) is 0 Å². The monoisotopic (exact) mass is 419 g/mol. The zero-order chi connectivity index (χ0) is 21.7. The van der Waals surface area contributed by atoms with Crippen molar-refractivity contribution in [2.45, 2.75) is 71.7 Å². The molecule has 0 fully saturated rings. The molecule has 1 aromatic carbocycles. The maximum Gasteiger partial charge on any atom is 0.326 e. The maximum atomic E-state index is 12.4. The van der Waals surface area contributed by atoms with Crippen molar-refractivity contribution in [3.63, 3.8) is 0 Å². The van der Waals surface area contributed by atoms with Crippen LogP contribution in [0.2, 0.25) is 0 Å². The first-order valence-electron chi connectivity index (χ1n) is 10.0. The molecule has 0 spiro atoms. The molecule has 2 aromatic rings. The number of esters is 1. The van der Waals surface area contributed by atoms with Crippen LogP contribution in [0.1, 0.15) is 54.4 Å². The summed E-state index contributed by atoms with van der Waals surface area (Å²) in [5.41, 5.74) is 1.24. The zero-order valence-corrected chi connectivity index (χ0v) is 19.2. The van der Waals surface area contributed by atoms with Gasteiger partial charge in [0.2, 0.25) is 5.91 Å². The van der Waals surface area contributed by atoms with E-state index in [1.165, 1.54) is 0 Å². The highest BCUT2D eigenvalue weighted by Gasteiger charge is 2.20. The lowest BCUT2D eigenvalue weighted by molar-refractivity contribution is -0.155. The van der Waals surface area contributed by atoms with Gasteiger partial charge in [-0.05, 0) is 44.7 Å². The normalized spacial score (nSPS) is 12.2. The van der Waals surface area contributed by atoms with Crippen LogP contribution in [0.5, 0.6) is 0 Å². The Morgan fingerprint density at radius 2 is 1.83 bits per heavy atom. The molecule has 0 saturated heterocycles. The summed E-state index contributed by atoms with van der Waals surface area (Å²) in [6.07, 6.45) is 1.35. The Balaban J connectivity index is 1.96. The number of carbonyl (C=O) groups excluding carboxylic acids is 2. The van der Waals surface area contributed by atoms with Crippen molar-refractivity contribution in [2.75, 3.05) is 12.3 Å². The average Bonchev–Trinajstić information content (AvgIpc) is 2.89. The number of thioether (sulfide) groups is 1. The van der Waals surface area contributed by atoms with Crippen LogP contribution in [0.15, 0.2) is 29.4 Å². The van der Waals surface area contributed by atoms with Gasteiger partial charge >= 0.3 is 5.97 Å². The molecule has 0 aliphatic carbocycles. The van der Waals surface area contributed by atoms with Gasteiger partial charge < -0.3 is 14.6 Å². The number of nitrogens with zero attached hydrogens (tertiary/aromatic N) is 2. The van der Waals surface area contributed by atoms with Gasteiger partial charge in [-0.2, -0.15) is 0 Å². The molecule has 1 amide bonds. The number of aromatic nitrogens is 2. The van der Waals surface area contributed by atoms with Crippen molar-refractivity contribution in [2.24, 2.45) is 5.41 Å². The van der Waals surface area contributed by atoms with Crippen LogP contribution < -0.4 is 5.32 Å². The third-order valence-corrected chi connectivity index (χ3v) is 4.95. The summed E-state index contributed by atoms with van der Waals surface area (Å²) in [5.74, 6) is 0.601. The number of hydrogen-bond acceptors (Lipinski definition) is 5. The molecule has 29 heavy (non-hydrogen) atoms. The highest BCUT2D eigenvalue weighted by atomic mass is 32.2. The molecular formula is C22H33N3O3S. The Morgan fingerprint density at radius 3 is 2.48 bits per heavy atom. The number of carbonyl (C=O) groups is 2. The molecule has 160 valence electrons. The second-order valence-corrected chi connectivity index (χ2v) is 10.4. The van der Waals surface area contributed by atoms with Gasteiger partial charge in [0.25, 0.3) is 0 Å². The molecule has 0 aliphatic heterocycles. The number of hydrogen-bond donors (Lipinski definition) is 1. The average molecular weight is 420 g/mol. The van der Waals surface area contributed by atoms with Gasteiger partial charge in [0.15, 0.2) is 5.16 Å². The Hall–Kier alpha value is -2.02. The maximum absolute atomic E-state index is 12.4. The van der Waals surface area contributed by atoms with Crippen molar-refractivity contribution in [1.82, 2.24) is 14.9 Å². The third kappa shape index (κ3) is 8.09. The molecule has 7 heteroatoms. The first-order chi connectivity index (χ1) is 13.4. The van der Waals surface area contributed by atoms with Crippen LogP contribution in [0, 0.1) is 5.41 Å². The van der Waals surface area contributed by atoms with Gasteiger partial charge in [-0.1, -0.05) is 44.7 Å². The summed E-state index contributed by atoms with van der Waals surface area (Å²) in [6, 6.07) is 7.78. The molecule has 1 N–H and O–H groups in total. The fraction of sp³-hybridized carbons (Fsp3) is 0.591. The van der Waals surface area contributed by atoms with Crippen molar-refractivity contribution >= 4 is 34.7 Å². The van der Waals surface area contributed by atoms with Gasteiger partial charge in [0, 0.05) is 18.7 Å². The first kappa shape index (κ1) is 23.3. The fourth-order valence-electron chi connectivity index (χ4n) is 2.83. The molecule has 0 saturated carbocycles. The Bertz CT molecular complexity index is 847. The molecule has 1 heterocycles. The summed E-state index contributed by atoms with van der Waals surface area (Å²) in [7, 11) is 0. The molecular weight excluding hydrogens is 386 g/mol. The summed E-state index contributed by atoms with van der Waals surface area (Å²) in [6.45, 7) is 12.5. The number of amides is 1. The molecule has 0 radical (unpaired) electrons. The van der Waals surface area contributed by atoms with Crippen LogP contribution in [-0.4, -0.2) is 39.3 Å².